The zero-order valence-electron chi connectivity index (χ0n) is 16.0. The number of hydrogen-bond donors (Lipinski definition) is 2. The van der Waals surface area contributed by atoms with Crippen LogP contribution in [0.25, 0.3) is 0 Å². The third-order valence-corrected chi connectivity index (χ3v) is 4.64. The minimum Gasteiger partial charge on any atom is -0.454 e. The van der Waals surface area contributed by atoms with Crippen LogP contribution in [-0.4, -0.2) is 55.8 Å². The molecule has 1 amide bonds. The first kappa shape index (κ1) is 21.6. The molecule has 0 radical (unpaired) electrons. The Balaban J connectivity index is 0.00000261. The molecule has 1 saturated heterocycles. The molecule has 2 aliphatic heterocycles. The summed E-state index contributed by atoms with van der Waals surface area (Å²) < 4.78 is 10.8. The van der Waals surface area contributed by atoms with Gasteiger partial charge in [0.15, 0.2) is 17.5 Å². The predicted octanol–water partition coefficient (Wildman–Crippen LogP) is 2.14. The van der Waals surface area contributed by atoms with Crippen molar-refractivity contribution in [3.63, 3.8) is 0 Å². The Morgan fingerprint density at radius 3 is 2.89 bits per heavy atom. The van der Waals surface area contributed by atoms with Crippen LogP contribution in [0.15, 0.2) is 23.2 Å². The maximum absolute atomic E-state index is 11.8. The van der Waals surface area contributed by atoms with E-state index in [2.05, 4.69) is 28.6 Å². The molecule has 27 heavy (non-hydrogen) atoms. The SMILES string of the molecule is CCNC(=NCCc1ccc2c(c1)OCO2)NC1CCN(C(=O)CC)C1.I. The number of benzene rings is 1. The van der Waals surface area contributed by atoms with Crippen LogP contribution in [-0.2, 0) is 11.2 Å². The van der Waals surface area contributed by atoms with Crippen LogP contribution in [0.1, 0.15) is 32.3 Å². The highest BCUT2D eigenvalue weighted by molar-refractivity contribution is 14.0. The summed E-state index contributed by atoms with van der Waals surface area (Å²) in [6.07, 6.45) is 2.35. The molecule has 1 unspecified atom stereocenters. The second kappa shape index (κ2) is 10.6. The highest BCUT2D eigenvalue weighted by Gasteiger charge is 2.25. The molecule has 1 fully saturated rings. The highest BCUT2D eigenvalue weighted by atomic mass is 127. The zero-order chi connectivity index (χ0) is 18.4. The lowest BCUT2D eigenvalue weighted by Crippen LogP contribution is -2.45. The van der Waals surface area contributed by atoms with Crippen LogP contribution in [0.2, 0.25) is 0 Å². The van der Waals surface area contributed by atoms with Gasteiger partial charge in [0, 0.05) is 38.6 Å². The van der Waals surface area contributed by atoms with Gasteiger partial charge in [-0.3, -0.25) is 9.79 Å². The summed E-state index contributed by atoms with van der Waals surface area (Å²) in [5.74, 6) is 2.64. The average molecular weight is 488 g/mol. The lowest BCUT2D eigenvalue weighted by atomic mass is 10.1. The van der Waals surface area contributed by atoms with Crippen LogP contribution in [0.4, 0.5) is 0 Å². The van der Waals surface area contributed by atoms with Gasteiger partial charge in [-0.2, -0.15) is 0 Å². The van der Waals surface area contributed by atoms with Gasteiger partial charge < -0.3 is 25.0 Å². The summed E-state index contributed by atoms with van der Waals surface area (Å²) in [7, 11) is 0. The van der Waals surface area contributed by atoms with Crippen molar-refractivity contribution in [3.8, 4) is 11.5 Å². The molecule has 2 aliphatic rings. The monoisotopic (exact) mass is 488 g/mol. The molecular formula is C19H29IN4O3. The lowest BCUT2D eigenvalue weighted by molar-refractivity contribution is -0.129. The van der Waals surface area contributed by atoms with Gasteiger partial charge in [0.2, 0.25) is 12.7 Å². The maximum atomic E-state index is 11.8. The zero-order valence-corrected chi connectivity index (χ0v) is 18.3. The van der Waals surface area contributed by atoms with Crippen molar-refractivity contribution in [3.05, 3.63) is 23.8 Å². The van der Waals surface area contributed by atoms with Crippen LogP contribution >= 0.6 is 24.0 Å². The van der Waals surface area contributed by atoms with E-state index in [1.54, 1.807) is 0 Å². The van der Waals surface area contributed by atoms with E-state index in [0.29, 0.717) is 19.8 Å². The van der Waals surface area contributed by atoms with Gasteiger partial charge in [0.05, 0.1) is 0 Å². The Hall–Kier alpha value is -1.71. The van der Waals surface area contributed by atoms with E-state index in [1.807, 2.05) is 24.0 Å². The molecule has 2 N–H and O–H groups in total. The Labute approximate surface area is 177 Å². The molecule has 0 aromatic heterocycles. The largest absolute Gasteiger partial charge is 0.454 e. The Kier molecular flexibility index (Phi) is 8.46. The third kappa shape index (κ3) is 5.88. The molecule has 3 rings (SSSR count). The fourth-order valence-electron chi connectivity index (χ4n) is 3.23. The van der Waals surface area contributed by atoms with Gasteiger partial charge in [0.1, 0.15) is 0 Å². The summed E-state index contributed by atoms with van der Waals surface area (Å²) in [4.78, 5) is 18.4. The number of guanidine groups is 1. The number of ether oxygens (including phenoxy) is 2. The molecule has 1 aromatic carbocycles. The number of rotatable bonds is 6. The van der Waals surface area contributed by atoms with Crippen LogP contribution in [0.3, 0.4) is 0 Å². The van der Waals surface area contributed by atoms with Gasteiger partial charge in [-0.1, -0.05) is 13.0 Å². The van der Waals surface area contributed by atoms with Gasteiger partial charge in [-0.05, 0) is 37.5 Å². The van der Waals surface area contributed by atoms with Crippen molar-refractivity contribution < 1.29 is 14.3 Å². The normalized spacial score (nSPS) is 18.2. The minimum atomic E-state index is 0. The smallest absolute Gasteiger partial charge is 0.231 e. The van der Waals surface area contributed by atoms with Gasteiger partial charge in [-0.25, -0.2) is 0 Å². The molecular weight excluding hydrogens is 459 g/mol. The topological polar surface area (TPSA) is 75.2 Å². The first-order valence-electron chi connectivity index (χ1n) is 9.40. The van der Waals surface area contributed by atoms with Crippen molar-refractivity contribution in [2.75, 3.05) is 33.0 Å². The van der Waals surface area contributed by atoms with Crippen LogP contribution in [0, 0.1) is 0 Å². The van der Waals surface area contributed by atoms with Crippen molar-refractivity contribution in [2.45, 2.75) is 39.2 Å². The summed E-state index contributed by atoms with van der Waals surface area (Å²) >= 11 is 0. The van der Waals surface area contributed by atoms with Crippen LogP contribution in [0.5, 0.6) is 11.5 Å². The molecule has 0 saturated carbocycles. The van der Waals surface area contributed by atoms with E-state index in [1.165, 1.54) is 5.56 Å². The number of fused-ring (bicyclic) bond motifs is 1. The number of nitrogens with one attached hydrogen (secondary N) is 2. The number of aliphatic imine (C=N–C) groups is 1. The molecule has 0 aliphatic carbocycles. The number of carbonyl (C=O) groups is 1. The van der Waals surface area contributed by atoms with E-state index < -0.39 is 0 Å². The number of hydrogen-bond acceptors (Lipinski definition) is 4. The van der Waals surface area contributed by atoms with Crippen molar-refractivity contribution in [1.82, 2.24) is 15.5 Å². The van der Waals surface area contributed by atoms with Crippen molar-refractivity contribution in [2.24, 2.45) is 4.99 Å². The first-order valence-corrected chi connectivity index (χ1v) is 9.40. The molecule has 7 nitrogen and oxygen atoms in total. The number of halogens is 1. The molecule has 8 heteroatoms. The van der Waals surface area contributed by atoms with E-state index in [0.717, 1.165) is 49.9 Å². The van der Waals surface area contributed by atoms with E-state index >= 15 is 0 Å². The predicted molar refractivity (Wildman–Crippen MR) is 116 cm³/mol. The fraction of sp³-hybridized carbons (Fsp3) is 0.579. The number of likely N-dealkylation sites (tertiary alicyclic amines) is 1. The average Bonchev–Trinajstić information content (AvgIpc) is 3.30. The molecule has 1 aromatic rings. The summed E-state index contributed by atoms with van der Waals surface area (Å²) in [6.45, 7) is 7.31. The summed E-state index contributed by atoms with van der Waals surface area (Å²) in [5.41, 5.74) is 1.18. The summed E-state index contributed by atoms with van der Waals surface area (Å²) in [5, 5.41) is 6.74. The Morgan fingerprint density at radius 1 is 1.30 bits per heavy atom. The third-order valence-electron chi connectivity index (χ3n) is 4.64. The maximum Gasteiger partial charge on any atom is 0.231 e. The first-order chi connectivity index (χ1) is 12.7. The van der Waals surface area contributed by atoms with Gasteiger partial charge in [-0.15, -0.1) is 24.0 Å². The summed E-state index contributed by atoms with van der Waals surface area (Å²) in [6, 6.07) is 6.27. The van der Waals surface area contributed by atoms with E-state index in [9.17, 15) is 4.79 Å². The van der Waals surface area contributed by atoms with Crippen molar-refractivity contribution >= 4 is 35.8 Å². The molecule has 0 bridgehead atoms. The van der Waals surface area contributed by atoms with E-state index in [4.69, 9.17) is 9.47 Å². The fourth-order valence-corrected chi connectivity index (χ4v) is 3.23. The second-order valence-electron chi connectivity index (χ2n) is 6.52. The van der Waals surface area contributed by atoms with Crippen LogP contribution < -0.4 is 20.1 Å². The minimum absolute atomic E-state index is 0. The Bertz CT molecular complexity index is 668. The molecule has 2 heterocycles. The molecule has 0 spiro atoms. The number of carbonyl (C=O) groups excluding carboxylic acids is 1. The van der Waals surface area contributed by atoms with E-state index in [-0.39, 0.29) is 35.9 Å². The quantitative estimate of drug-likeness (QED) is 0.365. The number of amides is 1. The highest BCUT2D eigenvalue weighted by Crippen LogP contribution is 2.32. The Morgan fingerprint density at radius 2 is 2.11 bits per heavy atom. The lowest BCUT2D eigenvalue weighted by Gasteiger charge is -2.18. The standard InChI is InChI=1S/C19H28N4O3.HI/c1-3-18(24)23-10-8-15(12-23)22-19(20-4-2)21-9-7-14-5-6-16-17(11-14)26-13-25-16;/h5-6,11,15H,3-4,7-10,12-13H2,1-2H3,(H2,20,21,22);1H. The second-order valence-corrected chi connectivity index (χ2v) is 6.52. The number of nitrogens with zero attached hydrogens (tertiary/aromatic N) is 2. The van der Waals surface area contributed by atoms with Gasteiger partial charge >= 0.3 is 0 Å². The molecule has 150 valence electrons. The molecule has 1 atom stereocenters. The van der Waals surface area contributed by atoms with Gasteiger partial charge in [0.25, 0.3) is 0 Å². The van der Waals surface area contributed by atoms with Crippen molar-refractivity contribution in [1.29, 1.82) is 0 Å².